The topological polar surface area (TPSA) is 29.5 Å². The molecule has 0 aliphatic carbocycles. The summed E-state index contributed by atoms with van der Waals surface area (Å²) in [5.74, 6) is 0.361. The van der Waals surface area contributed by atoms with Crippen molar-refractivity contribution in [3.05, 3.63) is 71.0 Å². The van der Waals surface area contributed by atoms with Crippen LogP contribution in [-0.2, 0) is 16.0 Å². The minimum Gasteiger partial charge on any atom is -0.368 e. The summed E-state index contributed by atoms with van der Waals surface area (Å²) in [6, 6.07) is 14.6. The number of hydrogen-bond donors (Lipinski definition) is 0. The summed E-state index contributed by atoms with van der Waals surface area (Å²) >= 11 is 0. The van der Waals surface area contributed by atoms with Crippen LogP contribution < -0.4 is 0 Å². The zero-order valence-corrected chi connectivity index (χ0v) is 15.7. The fourth-order valence-electron chi connectivity index (χ4n) is 4.32. The van der Waals surface area contributed by atoms with Gasteiger partial charge in [-0.2, -0.15) is 0 Å². The van der Waals surface area contributed by atoms with Crippen molar-refractivity contribution in [3.8, 4) is 0 Å². The lowest BCUT2D eigenvalue weighted by atomic mass is 9.87. The molecule has 3 nitrogen and oxygen atoms in total. The highest BCUT2D eigenvalue weighted by molar-refractivity contribution is 5.82. The number of amides is 1. The summed E-state index contributed by atoms with van der Waals surface area (Å²) in [4.78, 5) is 15.3. The van der Waals surface area contributed by atoms with Crippen LogP contribution in [0.4, 0.5) is 4.39 Å². The average molecular weight is 367 g/mol. The first-order valence-electron chi connectivity index (χ1n) is 9.92. The Kier molecular flexibility index (Phi) is 5.26. The number of fused-ring (bicyclic) bond motifs is 1. The smallest absolute Gasteiger partial charge is 0.252 e. The molecule has 0 saturated carbocycles. The fraction of sp³-hybridized carbons (Fsp3) is 0.435. The maximum atomic E-state index is 13.5. The predicted molar refractivity (Wildman–Crippen MR) is 103 cm³/mol. The highest BCUT2D eigenvalue weighted by Gasteiger charge is 2.37. The highest BCUT2D eigenvalue weighted by atomic mass is 19.1. The molecule has 1 amide bonds. The van der Waals surface area contributed by atoms with Crippen LogP contribution in [-0.4, -0.2) is 30.1 Å². The Labute approximate surface area is 160 Å². The molecule has 27 heavy (non-hydrogen) atoms. The summed E-state index contributed by atoms with van der Waals surface area (Å²) in [6.45, 7) is 3.50. The van der Waals surface area contributed by atoms with E-state index in [9.17, 15) is 9.18 Å². The van der Waals surface area contributed by atoms with Crippen LogP contribution >= 0.6 is 0 Å². The molecule has 2 aromatic carbocycles. The van der Waals surface area contributed by atoms with E-state index in [-0.39, 0.29) is 23.9 Å². The SMILES string of the molecule is CC[C@@H]1CC[C@H](C(=O)N2CCc3ccccc3[C@@H]2c2ccc(F)cc2)OC1. The number of carbonyl (C=O) groups is 1. The van der Waals surface area contributed by atoms with Gasteiger partial charge >= 0.3 is 0 Å². The van der Waals surface area contributed by atoms with E-state index in [4.69, 9.17) is 4.74 Å². The van der Waals surface area contributed by atoms with E-state index in [1.165, 1.54) is 17.7 Å². The molecular weight excluding hydrogens is 341 g/mol. The van der Waals surface area contributed by atoms with Crippen LogP contribution in [0.3, 0.4) is 0 Å². The molecule has 0 bridgehead atoms. The Morgan fingerprint density at radius 3 is 2.63 bits per heavy atom. The van der Waals surface area contributed by atoms with Gasteiger partial charge in [-0.25, -0.2) is 4.39 Å². The van der Waals surface area contributed by atoms with Crippen LogP contribution in [0.25, 0.3) is 0 Å². The fourth-order valence-corrected chi connectivity index (χ4v) is 4.32. The number of halogens is 1. The maximum absolute atomic E-state index is 13.5. The van der Waals surface area contributed by atoms with E-state index < -0.39 is 0 Å². The average Bonchev–Trinajstić information content (AvgIpc) is 2.73. The van der Waals surface area contributed by atoms with Crippen molar-refractivity contribution < 1.29 is 13.9 Å². The minimum atomic E-state index is -0.360. The first kappa shape index (κ1) is 18.2. The van der Waals surface area contributed by atoms with E-state index in [1.54, 1.807) is 12.1 Å². The lowest BCUT2D eigenvalue weighted by molar-refractivity contribution is -0.150. The summed E-state index contributed by atoms with van der Waals surface area (Å²) in [6.07, 6.45) is 3.39. The molecule has 2 aliphatic rings. The third-order valence-electron chi connectivity index (χ3n) is 5.98. The number of ether oxygens (including phenoxy) is 1. The van der Waals surface area contributed by atoms with E-state index in [0.717, 1.165) is 36.8 Å². The van der Waals surface area contributed by atoms with Gasteiger partial charge in [0.15, 0.2) is 0 Å². The zero-order chi connectivity index (χ0) is 18.8. The number of benzene rings is 2. The predicted octanol–water partition coefficient (Wildman–Crippen LogP) is 4.51. The number of nitrogens with zero attached hydrogens (tertiary/aromatic N) is 1. The van der Waals surface area contributed by atoms with Gasteiger partial charge in [-0.05, 0) is 54.0 Å². The Balaban J connectivity index is 1.64. The summed E-state index contributed by atoms with van der Waals surface area (Å²) in [7, 11) is 0. The quantitative estimate of drug-likeness (QED) is 0.799. The second-order valence-corrected chi connectivity index (χ2v) is 7.61. The van der Waals surface area contributed by atoms with Crippen molar-refractivity contribution in [2.45, 2.75) is 44.8 Å². The normalized spacial score (nSPS) is 25.1. The van der Waals surface area contributed by atoms with Gasteiger partial charge in [0.1, 0.15) is 11.9 Å². The van der Waals surface area contributed by atoms with Crippen molar-refractivity contribution in [3.63, 3.8) is 0 Å². The molecule has 2 heterocycles. The third kappa shape index (κ3) is 3.63. The molecule has 2 aromatic rings. The van der Waals surface area contributed by atoms with Crippen LogP contribution in [0, 0.1) is 11.7 Å². The zero-order valence-electron chi connectivity index (χ0n) is 15.7. The van der Waals surface area contributed by atoms with Gasteiger partial charge < -0.3 is 9.64 Å². The molecule has 142 valence electrons. The molecule has 0 spiro atoms. The molecule has 4 heteroatoms. The third-order valence-corrected chi connectivity index (χ3v) is 5.98. The lowest BCUT2D eigenvalue weighted by Crippen LogP contribution is -2.47. The first-order chi connectivity index (χ1) is 13.2. The van der Waals surface area contributed by atoms with Gasteiger partial charge in [-0.1, -0.05) is 49.7 Å². The molecule has 0 unspecified atom stereocenters. The van der Waals surface area contributed by atoms with Gasteiger partial charge in [0.2, 0.25) is 0 Å². The lowest BCUT2D eigenvalue weighted by Gasteiger charge is -2.40. The maximum Gasteiger partial charge on any atom is 0.252 e. The Morgan fingerprint density at radius 1 is 1.15 bits per heavy atom. The van der Waals surface area contributed by atoms with Gasteiger partial charge in [-0.3, -0.25) is 4.79 Å². The Hall–Kier alpha value is -2.20. The van der Waals surface area contributed by atoms with E-state index in [2.05, 4.69) is 19.1 Å². The van der Waals surface area contributed by atoms with Crippen LogP contribution in [0.1, 0.15) is 48.9 Å². The second kappa shape index (κ2) is 7.81. The monoisotopic (exact) mass is 367 g/mol. The summed E-state index contributed by atoms with van der Waals surface area (Å²) < 4.78 is 19.4. The number of carbonyl (C=O) groups excluding carboxylic acids is 1. The largest absolute Gasteiger partial charge is 0.368 e. The molecule has 3 atom stereocenters. The Bertz CT molecular complexity index is 796. The molecule has 1 fully saturated rings. The minimum absolute atomic E-state index is 0.0633. The standard InChI is InChI=1S/C23H26FNO2/c1-2-16-7-12-21(27-15-16)23(26)25-14-13-17-5-3-4-6-20(17)22(25)18-8-10-19(24)11-9-18/h3-6,8-11,16,21-22H,2,7,12-15H2,1H3/t16-,21-,22+/m1/s1. The van der Waals surface area contributed by atoms with Crippen molar-refractivity contribution in [2.24, 2.45) is 5.92 Å². The van der Waals surface area contributed by atoms with Gasteiger partial charge in [-0.15, -0.1) is 0 Å². The van der Waals surface area contributed by atoms with E-state index >= 15 is 0 Å². The summed E-state index contributed by atoms with van der Waals surface area (Å²) in [5, 5.41) is 0. The van der Waals surface area contributed by atoms with Crippen molar-refractivity contribution in [1.82, 2.24) is 4.90 Å². The van der Waals surface area contributed by atoms with Crippen molar-refractivity contribution >= 4 is 5.91 Å². The van der Waals surface area contributed by atoms with Crippen molar-refractivity contribution in [1.29, 1.82) is 0 Å². The van der Waals surface area contributed by atoms with Gasteiger partial charge in [0, 0.05) is 6.54 Å². The number of hydrogen-bond acceptors (Lipinski definition) is 2. The van der Waals surface area contributed by atoms with Crippen LogP contribution in [0.2, 0.25) is 0 Å². The molecule has 4 rings (SSSR count). The van der Waals surface area contributed by atoms with E-state index in [1.807, 2.05) is 17.0 Å². The van der Waals surface area contributed by atoms with Crippen LogP contribution in [0.15, 0.2) is 48.5 Å². The molecular formula is C23H26FNO2. The van der Waals surface area contributed by atoms with Crippen LogP contribution in [0.5, 0.6) is 0 Å². The molecule has 0 N–H and O–H groups in total. The number of rotatable bonds is 3. The molecule has 1 saturated heterocycles. The van der Waals surface area contributed by atoms with Gasteiger partial charge in [0.25, 0.3) is 5.91 Å². The highest BCUT2D eigenvalue weighted by Crippen LogP contribution is 2.36. The second-order valence-electron chi connectivity index (χ2n) is 7.61. The molecule has 2 aliphatic heterocycles. The van der Waals surface area contributed by atoms with Gasteiger partial charge in [0.05, 0.1) is 12.6 Å². The molecule has 0 radical (unpaired) electrons. The van der Waals surface area contributed by atoms with E-state index in [0.29, 0.717) is 19.1 Å². The Morgan fingerprint density at radius 2 is 1.93 bits per heavy atom. The first-order valence-corrected chi connectivity index (χ1v) is 9.92. The molecule has 0 aromatic heterocycles. The van der Waals surface area contributed by atoms with Crippen molar-refractivity contribution in [2.75, 3.05) is 13.2 Å². The summed E-state index contributed by atoms with van der Waals surface area (Å²) in [5.41, 5.74) is 3.33.